The largest absolute Gasteiger partial charge is 0.351 e. The molecule has 1 heterocycles. The molecule has 102 valence electrons. The fourth-order valence-corrected chi connectivity index (χ4v) is 3.65. The van der Waals surface area contributed by atoms with Crippen LogP contribution in [0.2, 0.25) is 0 Å². The van der Waals surface area contributed by atoms with Crippen LogP contribution < -0.4 is 5.32 Å². The quantitative estimate of drug-likeness (QED) is 0.774. The van der Waals surface area contributed by atoms with Crippen molar-refractivity contribution in [3.05, 3.63) is 35.2 Å². The zero-order valence-corrected chi connectivity index (χ0v) is 13.4. The molecule has 0 aliphatic rings. The molecule has 1 amide bonds. The Labute approximate surface area is 126 Å². The van der Waals surface area contributed by atoms with Gasteiger partial charge in [-0.3, -0.25) is 4.79 Å². The molecular weight excluding hydrogens is 322 g/mol. The maximum Gasteiger partial charge on any atom is 0.261 e. The highest BCUT2D eigenvalue weighted by atomic mass is 79.9. The molecule has 19 heavy (non-hydrogen) atoms. The van der Waals surface area contributed by atoms with E-state index in [0.29, 0.717) is 5.92 Å². The minimum atomic E-state index is 0.0502. The van der Waals surface area contributed by atoms with E-state index in [2.05, 4.69) is 34.2 Å². The van der Waals surface area contributed by atoms with E-state index < -0.39 is 0 Å². The molecule has 0 aliphatic carbocycles. The normalized spacial score (nSPS) is 12.5. The molecule has 1 atom stereocenters. The van der Waals surface area contributed by atoms with Gasteiger partial charge in [0.1, 0.15) is 0 Å². The molecule has 1 aromatic heterocycles. The molecule has 4 heteroatoms. The monoisotopic (exact) mass is 339 g/mol. The molecule has 2 rings (SSSR count). The fourth-order valence-electron chi connectivity index (χ4n) is 2.02. The molecule has 2 aromatic rings. The van der Waals surface area contributed by atoms with Gasteiger partial charge in [-0.05, 0) is 29.9 Å². The molecule has 0 saturated carbocycles. The van der Waals surface area contributed by atoms with Crippen molar-refractivity contribution in [2.45, 2.75) is 19.8 Å². The number of rotatable bonds is 6. The summed E-state index contributed by atoms with van der Waals surface area (Å²) in [6.45, 7) is 2.92. The summed E-state index contributed by atoms with van der Waals surface area (Å²) in [5.74, 6) is 0.604. The number of alkyl halides is 1. The average Bonchev–Trinajstić information content (AvgIpc) is 2.87. The Morgan fingerprint density at radius 3 is 2.89 bits per heavy atom. The zero-order valence-electron chi connectivity index (χ0n) is 11.0. The molecule has 1 unspecified atom stereocenters. The van der Waals surface area contributed by atoms with Gasteiger partial charge >= 0.3 is 0 Å². The molecule has 0 aliphatic heterocycles. The summed E-state index contributed by atoms with van der Waals surface area (Å²) in [6.07, 6.45) is 2.20. The van der Waals surface area contributed by atoms with E-state index in [4.69, 9.17) is 0 Å². The third-order valence-corrected chi connectivity index (χ3v) is 4.87. The van der Waals surface area contributed by atoms with Gasteiger partial charge in [0.05, 0.1) is 4.88 Å². The van der Waals surface area contributed by atoms with Crippen LogP contribution in [-0.4, -0.2) is 17.8 Å². The van der Waals surface area contributed by atoms with Crippen LogP contribution in [-0.2, 0) is 0 Å². The topological polar surface area (TPSA) is 29.1 Å². The van der Waals surface area contributed by atoms with Crippen molar-refractivity contribution in [3.63, 3.8) is 0 Å². The summed E-state index contributed by atoms with van der Waals surface area (Å²) >= 11 is 5.01. The van der Waals surface area contributed by atoms with Crippen LogP contribution in [0.25, 0.3) is 10.1 Å². The number of hydrogen-bond acceptors (Lipinski definition) is 2. The van der Waals surface area contributed by atoms with Gasteiger partial charge in [-0.25, -0.2) is 0 Å². The molecule has 0 bridgehead atoms. The van der Waals surface area contributed by atoms with Crippen LogP contribution in [0.1, 0.15) is 29.4 Å². The molecule has 2 nitrogen and oxygen atoms in total. The first kappa shape index (κ1) is 14.5. The molecule has 0 saturated heterocycles. The summed E-state index contributed by atoms with van der Waals surface area (Å²) in [6, 6.07) is 10.1. The SMILES string of the molecule is CCC(CCBr)CNC(=O)c1cc2ccccc2s1. The van der Waals surface area contributed by atoms with Gasteiger partial charge in [0.25, 0.3) is 5.91 Å². The summed E-state index contributed by atoms with van der Waals surface area (Å²) < 4.78 is 1.17. The number of hydrogen-bond donors (Lipinski definition) is 1. The van der Waals surface area contributed by atoms with E-state index in [-0.39, 0.29) is 5.91 Å². The second-order valence-corrected chi connectivity index (χ2v) is 6.49. The molecule has 1 aromatic carbocycles. The van der Waals surface area contributed by atoms with Crippen molar-refractivity contribution >= 4 is 43.3 Å². The number of carbonyl (C=O) groups is 1. The van der Waals surface area contributed by atoms with E-state index in [1.165, 1.54) is 4.70 Å². The number of amides is 1. The third-order valence-electron chi connectivity index (χ3n) is 3.30. The number of halogens is 1. The Kier molecular flexibility index (Phi) is 5.40. The fraction of sp³-hybridized carbons (Fsp3) is 0.400. The van der Waals surface area contributed by atoms with E-state index in [1.54, 1.807) is 11.3 Å². The molecule has 0 fully saturated rings. The Morgan fingerprint density at radius 1 is 1.42 bits per heavy atom. The van der Waals surface area contributed by atoms with Gasteiger partial charge < -0.3 is 5.32 Å². The average molecular weight is 340 g/mol. The van der Waals surface area contributed by atoms with E-state index in [9.17, 15) is 4.79 Å². The predicted octanol–water partition coefficient (Wildman–Crippen LogP) is 4.44. The molecular formula is C15H18BrNOS. The van der Waals surface area contributed by atoms with Crippen LogP contribution in [0, 0.1) is 5.92 Å². The third kappa shape index (κ3) is 3.80. The van der Waals surface area contributed by atoms with Crippen LogP contribution in [0.3, 0.4) is 0 Å². The highest BCUT2D eigenvalue weighted by Crippen LogP contribution is 2.25. The standard InChI is InChI=1S/C15H18BrNOS/c1-2-11(7-8-16)10-17-15(18)14-9-12-5-3-4-6-13(12)19-14/h3-6,9,11H,2,7-8,10H2,1H3,(H,17,18). The van der Waals surface area contributed by atoms with Gasteiger partial charge in [0.2, 0.25) is 0 Å². The van der Waals surface area contributed by atoms with Gasteiger partial charge in [-0.2, -0.15) is 0 Å². The number of thiophene rings is 1. The van der Waals surface area contributed by atoms with Gasteiger partial charge in [0, 0.05) is 16.6 Å². The number of fused-ring (bicyclic) bond motifs is 1. The molecule has 0 spiro atoms. The molecule has 1 N–H and O–H groups in total. The van der Waals surface area contributed by atoms with E-state index in [1.807, 2.05) is 24.3 Å². The lowest BCUT2D eigenvalue weighted by Gasteiger charge is -2.13. The van der Waals surface area contributed by atoms with Crippen LogP contribution in [0.4, 0.5) is 0 Å². The van der Waals surface area contributed by atoms with Crippen molar-refractivity contribution < 1.29 is 4.79 Å². The smallest absolute Gasteiger partial charge is 0.261 e. The van der Waals surface area contributed by atoms with Gasteiger partial charge in [-0.15, -0.1) is 11.3 Å². The maximum atomic E-state index is 12.1. The minimum absolute atomic E-state index is 0.0502. The van der Waals surface area contributed by atoms with Gasteiger partial charge in [-0.1, -0.05) is 47.5 Å². The second kappa shape index (κ2) is 7.06. The number of carbonyl (C=O) groups excluding carboxylic acids is 1. The Balaban J connectivity index is 1.99. The van der Waals surface area contributed by atoms with Crippen molar-refractivity contribution in [1.29, 1.82) is 0 Å². The van der Waals surface area contributed by atoms with Gasteiger partial charge in [0.15, 0.2) is 0 Å². The number of benzene rings is 1. The Hall–Kier alpha value is -0.870. The highest BCUT2D eigenvalue weighted by molar-refractivity contribution is 9.09. The first-order chi connectivity index (χ1) is 9.24. The lowest BCUT2D eigenvalue weighted by molar-refractivity contribution is 0.0950. The second-order valence-electron chi connectivity index (χ2n) is 4.61. The van der Waals surface area contributed by atoms with Crippen molar-refractivity contribution in [2.24, 2.45) is 5.92 Å². The van der Waals surface area contributed by atoms with Crippen molar-refractivity contribution in [3.8, 4) is 0 Å². The highest BCUT2D eigenvalue weighted by Gasteiger charge is 2.12. The first-order valence-electron chi connectivity index (χ1n) is 6.57. The van der Waals surface area contributed by atoms with Crippen molar-refractivity contribution in [1.82, 2.24) is 5.32 Å². The lowest BCUT2D eigenvalue weighted by Crippen LogP contribution is -2.28. The lowest BCUT2D eigenvalue weighted by atomic mass is 10.0. The Morgan fingerprint density at radius 2 is 2.21 bits per heavy atom. The van der Waals surface area contributed by atoms with Crippen LogP contribution in [0.5, 0.6) is 0 Å². The first-order valence-corrected chi connectivity index (χ1v) is 8.51. The van der Waals surface area contributed by atoms with Crippen LogP contribution in [0.15, 0.2) is 30.3 Å². The predicted molar refractivity (Wildman–Crippen MR) is 86.4 cm³/mol. The Bertz CT molecular complexity index is 519. The zero-order chi connectivity index (χ0) is 13.7. The van der Waals surface area contributed by atoms with E-state index >= 15 is 0 Å². The number of nitrogens with one attached hydrogen (secondary N) is 1. The van der Waals surface area contributed by atoms with E-state index in [0.717, 1.165) is 35.0 Å². The minimum Gasteiger partial charge on any atom is -0.351 e. The summed E-state index contributed by atoms with van der Waals surface area (Å²) in [4.78, 5) is 12.9. The summed E-state index contributed by atoms with van der Waals surface area (Å²) in [5.41, 5.74) is 0. The molecule has 0 radical (unpaired) electrons. The summed E-state index contributed by atoms with van der Waals surface area (Å²) in [5, 5.41) is 5.18. The summed E-state index contributed by atoms with van der Waals surface area (Å²) in [7, 11) is 0. The van der Waals surface area contributed by atoms with Crippen LogP contribution >= 0.6 is 27.3 Å². The maximum absolute atomic E-state index is 12.1. The van der Waals surface area contributed by atoms with Crippen molar-refractivity contribution in [2.75, 3.05) is 11.9 Å².